The van der Waals surface area contributed by atoms with Crippen molar-refractivity contribution >= 4 is 29.5 Å². The molecular formula is C25H29FN4O3. The third-order valence-corrected chi connectivity index (χ3v) is 5.88. The number of amides is 2. The maximum atomic E-state index is 15.0. The Hall–Kier alpha value is -3.39. The summed E-state index contributed by atoms with van der Waals surface area (Å²) >= 11 is 0. The highest BCUT2D eigenvalue weighted by Crippen LogP contribution is 2.28. The van der Waals surface area contributed by atoms with E-state index in [0.717, 1.165) is 32.7 Å². The van der Waals surface area contributed by atoms with Crippen molar-refractivity contribution < 1.29 is 18.7 Å². The summed E-state index contributed by atoms with van der Waals surface area (Å²) in [5.74, 6) is -0.546. The smallest absolute Gasteiger partial charge is 0.414 e. The average molecular weight is 453 g/mol. The van der Waals surface area contributed by atoms with Gasteiger partial charge in [-0.05, 0) is 23.8 Å². The molecule has 8 heteroatoms. The van der Waals surface area contributed by atoms with E-state index in [4.69, 9.17) is 4.74 Å². The van der Waals surface area contributed by atoms with Crippen LogP contribution in [0.25, 0.3) is 6.08 Å². The summed E-state index contributed by atoms with van der Waals surface area (Å²) < 4.78 is 20.2. The van der Waals surface area contributed by atoms with Crippen molar-refractivity contribution in [3.63, 3.8) is 0 Å². The maximum absolute atomic E-state index is 15.0. The van der Waals surface area contributed by atoms with Crippen LogP contribution in [0.1, 0.15) is 12.5 Å². The predicted molar refractivity (Wildman–Crippen MR) is 127 cm³/mol. The minimum absolute atomic E-state index is 0.188. The molecule has 1 N–H and O–H groups in total. The van der Waals surface area contributed by atoms with Crippen LogP contribution in [0.3, 0.4) is 0 Å². The Balaban J connectivity index is 1.30. The first-order valence-electron chi connectivity index (χ1n) is 11.2. The SMILES string of the molecule is CC(=O)NC[C@H]1CN(c2ccc(N3CCN(C/C=C/c4ccccc4)CC3)c(F)c2)C(=O)O1. The fraction of sp³-hybridized carbons (Fsp3) is 0.360. The van der Waals surface area contributed by atoms with E-state index in [1.54, 1.807) is 12.1 Å². The lowest BCUT2D eigenvalue weighted by Gasteiger charge is -2.35. The highest BCUT2D eigenvalue weighted by atomic mass is 19.1. The maximum Gasteiger partial charge on any atom is 0.414 e. The molecule has 2 amide bonds. The Labute approximate surface area is 193 Å². The number of anilines is 2. The van der Waals surface area contributed by atoms with Gasteiger partial charge < -0.3 is 15.0 Å². The van der Waals surface area contributed by atoms with Gasteiger partial charge in [-0.25, -0.2) is 9.18 Å². The number of nitrogens with zero attached hydrogens (tertiary/aromatic N) is 3. The summed E-state index contributed by atoms with van der Waals surface area (Å²) in [6, 6.07) is 15.1. The summed E-state index contributed by atoms with van der Waals surface area (Å²) in [5, 5.41) is 2.64. The number of rotatable bonds is 7. The van der Waals surface area contributed by atoms with Crippen molar-refractivity contribution in [2.45, 2.75) is 13.0 Å². The van der Waals surface area contributed by atoms with E-state index in [2.05, 4.69) is 34.5 Å². The molecule has 0 radical (unpaired) electrons. The fourth-order valence-corrected chi connectivity index (χ4v) is 4.09. The molecule has 2 aliphatic rings. The van der Waals surface area contributed by atoms with E-state index in [0.29, 0.717) is 11.4 Å². The number of piperazine rings is 1. The van der Waals surface area contributed by atoms with Gasteiger partial charge in [0.15, 0.2) is 0 Å². The second kappa shape index (κ2) is 10.5. The van der Waals surface area contributed by atoms with Crippen LogP contribution in [-0.2, 0) is 9.53 Å². The molecule has 2 aromatic rings. The first-order valence-corrected chi connectivity index (χ1v) is 11.2. The standard InChI is InChI=1S/C25H29FN4O3/c1-19(31)27-17-22-18-30(25(32)33-22)21-9-10-24(23(26)16-21)29-14-12-28(13-15-29)11-5-8-20-6-3-2-4-7-20/h2-10,16,22H,11-15,17-18H2,1H3,(H,27,31)/b8-5+/t22-/m0/s1. The number of halogens is 1. The molecule has 2 fully saturated rings. The number of carbonyl (C=O) groups excluding carboxylic acids is 2. The second-order valence-electron chi connectivity index (χ2n) is 8.29. The average Bonchev–Trinajstić information content (AvgIpc) is 3.19. The quantitative estimate of drug-likeness (QED) is 0.699. The molecule has 0 bridgehead atoms. The van der Waals surface area contributed by atoms with Gasteiger partial charge >= 0.3 is 6.09 Å². The van der Waals surface area contributed by atoms with Gasteiger partial charge in [0.25, 0.3) is 0 Å². The molecule has 0 unspecified atom stereocenters. The van der Waals surface area contributed by atoms with Gasteiger partial charge in [0.2, 0.25) is 5.91 Å². The largest absolute Gasteiger partial charge is 0.442 e. The lowest BCUT2D eigenvalue weighted by molar-refractivity contribution is -0.119. The molecular weight excluding hydrogens is 423 g/mol. The molecule has 2 saturated heterocycles. The van der Waals surface area contributed by atoms with Crippen molar-refractivity contribution in [1.29, 1.82) is 0 Å². The molecule has 2 aromatic carbocycles. The van der Waals surface area contributed by atoms with Crippen molar-refractivity contribution in [3.05, 3.63) is 66.0 Å². The Morgan fingerprint density at radius 2 is 1.91 bits per heavy atom. The van der Waals surface area contributed by atoms with Crippen LogP contribution >= 0.6 is 0 Å². The predicted octanol–water partition coefficient (Wildman–Crippen LogP) is 3.12. The van der Waals surface area contributed by atoms with E-state index >= 15 is 0 Å². The number of nitrogens with one attached hydrogen (secondary N) is 1. The molecule has 4 rings (SSSR count). The second-order valence-corrected chi connectivity index (χ2v) is 8.29. The highest BCUT2D eigenvalue weighted by Gasteiger charge is 2.33. The monoisotopic (exact) mass is 452 g/mol. The Bertz CT molecular complexity index is 1010. The van der Waals surface area contributed by atoms with Crippen molar-refractivity contribution in [1.82, 2.24) is 10.2 Å². The molecule has 0 aliphatic carbocycles. The first-order chi connectivity index (χ1) is 16.0. The Kier molecular flexibility index (Phi) is 7.24. The Morgan fingerprint density at radius 1 is 1.15 bits per heavy atom. The zero-order valence-electron chi connectivity index (χ0n) is 18.7. The molecule has 1 atom stereocenters. The normalized spacial score (nSPS) is 19.2. The zero-order valence-corrected chi connectivity index (χ0v) is 18.7. The van der Waals surface area contributed by atoms with Gasteiger partial charge in [-0.2, -0.15) is 0 Å². The van der Waals surface area contributed by atoms with E-state index < -0.39 is 12.2 Å². The molecule has 174 valence electrons. The molecule has 0 saturated carbocycles. The molecule has 33 heavy (non-hydrogen) atoms. The van der Waals surface area contributed by atoms with E-state index in [1.807, 2.05) is 23.1 Å². The molecule has 0 aromatic heterocycles. The molecule has 0 spiro atoms. The van der Waals surface area contributed by atoms with Crippen LogP contribution in [-0.4, -0.2) is 68.8 Å². The lowest BCUT2D eigenvalue weighted by Crippen LogP contribution is -2.46. The van der Waals surface area contributed by atoms with Crippen LogP contribution in [0, 0.1) is 5.82 Å². The minimum atomic E-state index is -0.533. The summed E-state index contributed by atoms with van der Waals surface area (Å²) in [4.78, 5) is 29.0. The zero-order chi connectivity index (χ0) is 23.2. The number of hydrogen-bond donors (Lipinski definition) is 1. The molecule has 7 nitrogen and oxygen atoms in total. The van der Waals surface area contributed by atoms with Crippen molar-refractivity contribution in [2.24, 2.45) is 0 Å². The summed E-state index contributed by atoms with van der Waals surface area (Å²) in [7, 11) is 0. The van der Waals surface area contributed by atoms with E-state index in [-0.39, 0.29) is 24.8 Å². The van der Waals surface area contributed by atoms with Crippen molar-refractivity contribution in [2.75, 3.05) is 55.6 Å². The third kappa shape index (κ3) is 5.90. The summed E-state index contributed by atoms with van der Waals surface area (Å²) in [6.07, 6.45) is 3.30. The van der Waals surface area contributed by atoms with Crippen LogP contribution in [0.5, 0.6) is 0 Å². The number of ether oxygens (including phenoxy) is 1. The number of benzene rings is 2. The van der Waals surface area contributed by atoms with E-state index in [9.17, 15) is 14.0 Å². The number of cyclic esters (lactones) is 1. The molecule has 2 heterocycles. The fourth-order valence-electron chi connectivity index (χ4n) is 4.09. The lowest BCUT2D eigenvalue weighted by atomic mass is 10.2. The van der Waals surface area contributed by atoms with Gasteiger partial charge in [0, 0.05) is 39.6 Å². The highest BCUT2D eigenvalue weighted by molar-refractivity contribution is 5.90. The minimum Gasteiger partial charge on any atom is -0.442 e. The topological polar surface area (TPSA) is 65.1 Å². The van der Waals surface area contributed by atoms with Gasteiger partial charge in [-0.3, -0.25) is 14.6 Å². The van der Waals surface area contributed by atoms with Crippen LogP contribution in [0.15, 0.2) is 54.6 Å². The third-order valence-electron chi connectivity index (χ3n) is 5.88. The van der Waals surface area contributed by atoms with Crippen molar-refractivity contribution in [3.8, 4) is 0 Å². The Morgan fingerprint density at radius 3 is 2.61 bits per heavy atom. The summed E-state index contributed by atoms with van der Waals surface area (Å²) in [5.41, 5.74) is 2.18. The number of hydrogen-bond acceptors (Lipinski definition) is 5. The van der Waals surface area contributed by atoms with Gasteiger partial charge in [-0.1, -0.05) is 42.5 Å². The van der Waals surface area contributed by atoms with Crippen LogP contribution < -0.4 is 15.1 Å². The van der Waals surface area contributed by atoms with Gasteiger partial charge in [0.1, 0.15) is 11.9 Å². The van der Waals surface area contributed by atoms with Crippen LogP contribution in [0.4, 0.5) is 20.6 Å². The summed E-state index contributed by atoms with van der Waals surface area (Å²) in [6.45, 7) is 5.95. The van der Waals surface area contributed by atoms with Crippen LogP contribution in [0.2, 0.25) is 0 Å². The van der Waals surface area contributed by atoms with Gasteiger partial charge in [0.05, 0.1) is 24.5 Å². The molecule has 2 aliphatic heterocycles. The number of carbonyl (C=O) groups is 2. The first kappa shape index (κ1) is 22.8. The van der Waals surface area contributed by atoms with E-state index in [1.165, 1.54) is 23.5 Å². The van der Waals surface area contributed by atoms with Gasteiger partial charge in [-0.15, -0.1) is 0 Å².